The minimum atomic E-state index is 0.0278. The van der Waals surface area contributed by atoms with E-state index in [1.807, 2.05) is 25.1 Å². The molecule has 0 bridgehead atoms. The number of carbonyl (C=O) groups is 1. The highest BCUT2D eigenvalue weighted by molar-refractivity contribution is 9.10. The van der Waals surface area contributed by atoms with E-state index in [2.05, 4.69) is 26.1 Å². The van der Waals surface area contributed by atoms with Crippen LogP contribution >= 0.6 is 15.9 Å². The van der Waals surface area contributed by atoms with Crippen molar-refractivity contribution in [1.82, 2.24) is 4.90 Å². The number of benzene rings is 1. The molecule has 0 atom stereocenters. The topological polar surface area (TPSA) is 58.4 Å². The summed E-state index contributed by atoms with van der Waals surface area (Å²) in [5.41, 5.74) is 7.84. The fraction of sp³-hybridized carbons (Fsp3) is 0.500. The molecule has 1 fully saturated rings. The lowest BCUT2D eigenvalue weighted by atomic mass is 10.1. The van der Waals surface area contributed by atoms with Crippen molar-refractivity contribution in [1.29, 1.82) is 0 Å². The van der Waals surface area contributed by atoms with Gasteiger partial charge in [0.1, 0.15) is 0 Å². The Hall–Kier alpha value is -0.910. The first-order valence-electron chi connectivity index (χ1n) is 6.58. The number of carbonyl (C=O) groups excluding carboxylic acids is 1. The van der Waals surface area contributed by atoms with Crippen LogP contribution < -0.4 is 11.1 Å². The van der Waals surface area contributed by atoms with Gasteiger partial charge in [-0.05, 0) is 53.4 Å². The van der Waals surface area contributed by atoms with E-state index in [4.69, 9.17) is 5.73 Å². The van der Waals surface area contributed by atoms with Crippen molar-refractivity contribution in [3.05, 3.63) is 28.2 Å². The number of piperidine rings is 1. The number of hydrogen-bond donors (Lipinski definition) is 2. The average Bonchev–Trinajstić information content (AvgIpc) is 2.36. The van der Waals surface area contributed by atoms with Crippen molar-refractivity contribution >= 4 is 27.5 Å². The number of amides is 1. The molecule has 1 amide bonds. The molecule has 0 spiro atoms. The Kier molecular flexibility index (Phi) is 4.96. The lowest BCUT2D eigenvalue weighted by Crippen LogP contribution is -2.43. The SMILES string of the molecule is Cc1ccc(NC(=O)CN2CCC(N)CC2)c(Br)c1. The maximum Gasteiger partial charge on any atom is 0.238 e. The molecule has 3 N–H and O–H groups in total. The molecule has 0 radical (unpaired) electrons. The minimum Gasteiger partial charge on any atom is -0.328 e. The van der Waals surface area contributed by atoms with Gasteiger partial charge in [-0.3, -0.25) is 9.69 Å². The Labute approximate surface area is 122 Å². The van der Waals surface area contributed by atoms with Gasteiger partial charge in [-0.2, -0.15) is 0 Å². The van der Waals surface area contributed by atoms with Gasteiger partial charge < -0.3 is 11.1 Å². The molecule has 1 saturated heterocycles. The van der Waals surface area contributed by atoms with Gasteiger partial charge in [-0.25, -0.2) is 0 Å². The molecule has 4 nitrogen and oxygen atoms in total. The summed E-state index contributed by atoms with van der Waals surface area (Å²) in [5.74, 6) is 0.0278. The number of likely N-dealkylation sites (tertiary alicyclic amines) is 1. The number of anilines is 1. The molecule has 1 heterocycles. The van der Waals surface area contributed by atoms with Crippen LogP contribution in [0.1, 0.15) is 18.4 Å². The standard InChI is InChI=1S/C14H20BrN3O/c1-10-2-3-13(12(15)8-10)17-14(19)9-18-6-4-11(16)5-7-18/h2-3,8,11H,4-7,9,16H2,1H3,(H,17,19). The zero-order valence-electron chi connectivity index (χ0n) is 11.2. The van der Waals surface area contributed by atoms with E-state index in [1.165, 1.54) is 0 Å². The van der Waals surface area contributed by atoms with Crippen LogP contribution in [0, 0.1) is 6.92 Å². The molecule has 104 valence electrons. The van der Waals surface area contributed by atoms with Gasteiger partial charge in [0.25, 0.3) is 0 Å². The number of aryl methyl sites for hydroxylation is 1. The van der Waals surface area contributed by atoms with Gasteiger partial charge in [0.05, 0.1) is 12.2 Å². The first-order chi connectivity index (χ1) is 9.04. The van der Waals surface area contributed by atoms with E-state index < -0.39 is 0 Å². The smallest absolute Gasteiger partial charge is 0.238 e. The Bertz CT molecular complexity index is 456. The minimum absolute atomic E-state index is 0.0278. The molecule has 2 rings (SSSR count). The number of rotatable bonds is 3. The average molecular weight is 326 g/mol. The first kappa shape index (κ1) is 14.5. The molecular weight excluding hydrogens is 306 g/mol. The maximum atomic E-state index is 12.0. The second-order valence-electron chi connectivity index (χ2n) is 5.15. The van der Waals surface area contributed by atoms with Crippen molar-refractivity contribution in [3.8, 4) is 0 Å². The van der Waals surface area contributed by atoms with Gasteiger partial charge in [-0.15, -0.1) is 0 Å². The van der Waals surface area contributed by atoms with E-state index >= 15 is 0 Å². The summed E-state index contributed by atoms with van der Waals surface area (Å²) in [7, 11) is 0. The molecule has 1 aliphatic rings. The van der Waals surface area contributed by atoms with Crippen LogP contribution in [0.25, 0.3) is 0 Å². The highest BCUT2D eigenvalue weighted by Crippen LogP contribution is 2.23. The Morgan fingerprint density at radius 1 is 1.47 bits per heavy atom. The van der Waals surface area contributed by atoms with E-state index in [9.17, 15) is 4.79 Å². The Morgan fingerprint density at radius 2 is 2.16 bits per heavy atom. The maximum absolute atomic E-state index is 12.0. The predicted molar refractivity (Wildman–Crippen MR) is 81.2 cm³/mol. The third kappa shape index (κ3) is 4.30. The van der Waals surface area contributed by atoms with Crippen molar-refractivity contribution < 1.29 is 4.79 Å². The van der Waals surface area contributed by atoms with Crippen molar-refractivity contribution in [2.75, 3.05) is 25.0 Å². The summed E-state index contributed by atoms with van der Waals surface area (Å²) in [4.78, 5) is 14.1. The van der Waals surface area contributed by atoms with E-state index in [-0.39, 0.29) is 5.91 Å². The molecule has 0 unspecified atom stereocenters. The van der Waals surface area contributed by atoms with E-state index in [1.54, 1.807) is 0 Å². The molecule has 0 aliphatic carbocycles. The lowest BCUT2D eigenvalue weighted by Gasteiger charge is -2.29. The van der Waals surface area contributed by atoms with Crippen molar-refractivity contribution in [2.24, 2.45) is 5.73 Å². The monoisotopic (exact) mass is 325 g/mol. The van der Waals surface area contributed by atoms with Crippen LogP contribution in [0.2, 0.25) is 0 Å². The Balaban J connectivity index is 1.87. The molecule has 1 aliphatic heterocycles. The number of hydrogen-bond acceptors (Lipinski definition) is 3. The zero-order valence-corrected chi connectivity index (χ0v) is 12.7. The van der Waals surface area contributed by atoms with E-state index in [0.29, 0.717) is 12.6 Å². The molecule has 19 heavy (non-hydrogen) atoms. The van der Waals surface area contributed by atoms with E-state index in [0.717, 1.165) is 41.7 Å². The lowest BCUT2D eigenvalue weighted by molar-refractivity contribution is -0.117. The van der Waals surface area contributed by atoms with Crippen LogP contribution in [0.5, 0.6) is 0 Å². The number of nitrogens with two attached hydrogens (primary N) is 1. The summed E-state index contributed by atoms with van der Waals surface area (Å²) in [6.45, 7) is 4.27. The van der Waals surface area contributed by atoms with Gasteiger partial charge >= 0.3 is 0 Å². The summed E-state index contributed by atoms with van der Waals surface area (Å²) >= 11 is 3.46. The number of nitrogens with one attached hydrogen (secondary N) is 1. The fourth-order valence-electron chi connectivity index (χ4n) is 2.23. The third-order valence-corrected chi connectivity index (χ3v) is 4.05. The van der Waals surface area contributed by atoms with Gasteiger partial charge in [0.2, 0.25) is 5.91 Å². The van der Waals surface area contributed by atoms with Gasteiger partial charge in [-0.1, -0.05) is 6.07 Å². The molecule has 5 heteroatoms. The molecule has 0 saturated carbocycles. The summed E-state index contributed by atoms with van der Waals surface area (Å²) < 4.78 is 0.918. The fourth-order valence-corrected chi connectivity index (χ4v) is 2.82. The highest BCUT2D eigenvalue weighted by Gasteiger charge is 2.18. The second-order valence-corrected chi connectivity index (χ2v) is 6.00. The van der Waals surface area contributed by atoms with Crippen LogP contribution in [-0.4, -0.2) is 36.5 Å². The van der Waals surface area contributed by atoms with Gasteiger partial charge in [0, 0.05) is 23.6 Å². The zero-order chi connectivity index (χ0) is 13.8. The van der Waals surface area contributed by atoms with Crippen LogP contribution in [0.3, 0.4) is 0 Å². The van der Waals surface area contributed by atoms with Crippen LogP contribution in [0.4, 0.5) is 5.69 Å². The normalized spacial score (nSPS) is 17.4. The van der Waals surface area contributed by atoms with Gasteiger partial charge in [0.15, 0.2) is 0 Å². The largest absolute Gasteiger partial charge is 0.328 e. The van der Waals surface area contributed by atoms with Crippen LogP contribution in [-0.2, 0) is 4.79 Å². The second kappa shape index (κ2) is 6.50. The molecular formula is C14H20BrN3O. The predicted octanol–water partition coefficient (Wildman–Crippen LogP) is 2.12. The molecule has 1 aromatic rings. The molecule has 0 aromatic heterocycles. The quantitative estimate of drug-likeness (QED) is 0.894. The summed E-state index contributed by atoms with van der Waals surface area (Å²) in [6.07, 6.45) is 1.95. The van der Waals surface area contributed by atoms with Crippen molar-refractivity contribution in [3.63, 3.8) is 0 Å². The van der Waals surface area contributed by atoms with Crippen molar-refractivity contribution in [2.45, 2.75) is 25.8 Å². The third-order valence-electron chi connectivity index (χ3n) is 3.40. The number of nitrogens with zero attached hydrogens (tertiary/aromatic N) is 1. The molecule has 1 aromatic carbocycles. The van der Waals surface area contributed by atoms with Crippen LogP contribution in [0.15, 0.2) is 22.7 Å². The first-order valence-corrected chi connectivity index (χ1v) is 7.38. The summed E-state index contributed by atoms with van der Waals surface area (Å²) in [5, 5.41) is 2.94. The highest BCUT2D eigenvalue weighted by atomic mass is 79.9. The Morgan fingerprint density at radius 3 is 2.79 bits per heavy atom. The summed E-state index contributed by atoms with van der Waals surface area (Å²) in [6, 6.07) is 6.20. The number of halogens is 1.